The summed E-state index contributed by atoms with van der Waals surface area (Å²) in [5, 5.41) is 13.0. The van der Waals surface area contributed by atoms with Crippen molar-refractivity contribution < 1.29 is 14.0 Å². The number of hydrogen-bond acceptors (Lipinski definition) is 5. The molecule has 1 atom stereocenters. The van der Waals surface area contributed by atoms with Gasteiger partial charge in [0.25, 0.3) is 0 Å². The molecule has 24 heavy (non-hydrogen) atoms. The highest BCUT2D eigenvalue weighted by Gasteiger charge is 2.24. The molecule has 2 heterocycles. The Bertz CT molecular complexity index is 647. The summed E-state index contributed by atoms with van der Waals surface area (Å²) in [5.41, 5.74) is 0.573. The summed E-state index contributed by atoms with van der Waals surface area (Å²) in [6, 6.07) is 7.12. The number of aromatic nitrogens is 2. The second kappa shape index (κ2) is 8.35. The molecule has 0 amide bonds. The zero-order valence-electron chi connectivity index (χ0n) is 13.8. The number of halogens is 1. The molecule has 0 saturated carbocycles. The smallest absolute Gasteiger partial charge is 0.240 e. The molecule has 1 fully saturated rings. The van der Waals surface area contributed by atoms with E-state index >= 15 is 0 Å². The first-order valence-electron chi connectivity index (χ1n) is 8.66. The highest BCUT2D eigenvalue weighted by Crippen LogP contribution is 2.22. The molecular weight excluding hydrogens is 309 g/mol. The standard InChI is InChI=1S/C18H24FN3O2/c19-16-9-2-1-6-14(16)12-17-20-18(24-21-17)13-22-10-4-3-7-15(22)8-5-11-23/h1-2,6,9,15,23H,3-5,7-8,10-13H2/t15-/m1/s1. The lowest BCUT2D eigenvalue weighted by atomic mass is 9.98. The van der Waals surface area contributed by atoms with Gasteiger partial charge < -0.3 is 9.63 Å². The lowest BCUT2D eigenvalue weighted by Crippen LogP contribution is -2.39. The Morgan fingerprint density at radius 3 is 3.00 bits per heavy atom. The van der Waals surface area contributed by atoms with Crippen molar-refractivity contribution >= 4 is 0 Å². The lowest BCUT2D eigenvalue weighted by molar-refractivity contribution is 0.110. The van der Waals surface area contributed by atoms with Crippen LogP contribution in [0.2, 0.25) is 0 Å². The van der Waals surface area contributed by atoms with Crippen LogP contribution in [-0.2, 0) is 13.0 Å². The molecule has 5 nitrogen and oxygen atoms in total. The molecule has 0 bridgehead atoms. The van der Waals surface area contributed by atoms with Gasteiger partial charge in [-0.1, -0.05) is 29.8 Å². The van der Waals surface area contributed by atoms with Crippen LogP contribution in [0.5, 0.6) is 0 Å². The number of piperidine rings is 1. The van der Waals surface area contributed by atoms with Crippen LogP contribution >= 0.6 is 0 Å². The van der Waals surface area contributed by atoms with Crippen molar-refractivity contribution in [3.63, 3.8) is 0 Å². The summed E-state index contributed by atoms with van der Waals surface area (Å²) in [6.07, 6.45) is 5.71. The maximum atomic E-state index is 13.7. The number of nitrogens with zero attached hydrogens (tertiary/aromatic N) is 3. The van der Waals surface area contributed by atoms with Crippen molar-refractivity contribution in [2.45, 2.75) is 51.1 Å². The Balaban J connectivity index is 1.61. The highest BCUT2D eigenvalue weighted by molar-refractivity contribution is 5.20. The molecule has 1 aromatic heterocycles. The van der Waals surface area contributed by atoms with E-state index in [9.17, 15) is 4.39 Å². The lowest BCUT2D eigenvalue weighted by Gasteiger charge is -2.34. The second-order valence-electron chi connectivity index (χ2n) is 6.36. The molecule has 2 aromatic rings. The summed E-state index contributed by atoms with van der Waals surface area (Å²) in [7, 11) is 0. The fourth-order valence-corrected chi connectivity index (χ4v) is 3.33. The molecule has 0 spiro atoms. The first kappa shape index (κ1) is 17.0. The van der Waals surface area contributed by atoms with Crippen molar-refractivity contribution in [1.29, 1.82) is 0 Å². The number of benzene rings is 1. The van der Waals surface area contributed by atoms with Crippen LogP contribution in [0.4, 0.5) is 4.39 Å². The fraction of sp³-hybridized carbons (Fsp3) is 0.556. The summed E-state index contributed by atoms with van der Waals surface area (Å²) >= 11 is 0. The monoisotopic (exact) mass is 333 g/mol. The van der Waals surface area contributed by atoms with E-state index in [1.165, 1.54) is 18.9 Å². The molecule has 3 rings (SSSR count). The predicted molar refractivity (Wildman–Crippen MR) is 87.9 cm³/mol. The van der Waals surface area contributed by atoms with Gasteiger partial charge in [-0.15, -0.1) is 0 Å². The van der Waals surface area contributed by atoms with Crippen LogP contribution < -0.4 is 0 Å². The Morgan fingerprint density at radius 1 is 1.29 bits per heavy atom. The third-order valence-corrected chi connectivity index (χ3v) is 4.60. The summed E-state index contributed by atoms with van der Waals surface area (Å²) < 4.78 is 19.1. The topological polar surface area (TPSA) is 62.4 Å². The molecule has 1 aromatic carbocycles. The van der Waals surface area contributed by atoms with E-state index < -0.39 is 0 Å². The minimum atomic E-state index is -0.246. The van der Waals surface area contributed by atoms with Gasteiger partial charge in [-0.05, 0) is 43.9 Å². The molecule has 1 aliphatic heterocycles. The molecule has 6 heteroatoms. The number of aliphatic hydroxyl groups excluding tert-OH is 1. The Labute approximate surface area is 141 Å². The number of aliphatic hydroxyl groups is 1. The van der Waals surface area contributed by atoms with Gasteiger partial charge in [0.15, 0.2) is 5.82 Å². The SMILES string of the molecule is OCCC[C@H]1CCCCN1Cc1nc(Cc2ccccc2F)no1. The van der Waals surface area contributed by atoms with E-state index in [1.54, 1.807) is 18.2 Å². The predicted octanol–water partition coefficient (Wildman–Crippen LogP) is 2.93. The van der Waals surface area contributed by atoms with Gasteiger partial charge in [0.1, 0.15) is 5.82 Å². The first-order chi connectivity index (χ1) is 11.8. The maximum absolute atomic E-state index is 13.7. The van der Waals surface area contributed by atoms with Gasteiger partial charge in [0, 0.05) is 19.1 Å². The first-order valence-corrected chi connectivity index (χ1v) is 8.66. The Hall–Kier alpha value is -1.79. The second-order valence-corrected chi connectivity index (χ2v) is 6.36. The number of rotatable bonds is 7. The van der Waals surface area contributed by atoms with E-state index in [0.717, 1.165) is 25.8 Å². The van der Waals surface area contributed by atoms with Crippen molar-refractivity contribution in [3.8, 4) is 0 Å². The van der Waals surface area contributed by atoms with E-state index in [2.05, 4.69) is 15.0 Å². The normalized spacial score (nSPS) is 18.8. The quantitative estimate of drug-likeness (QED) is 0.844. The fourth-order valence-electron chi connectivity index (χ4n) is 3.33. The molecule has 1 saturated heterocycles. The minimum Gasteiger partial charge on any atom is -0.396 e. The third-order valence-electron chi connectivity index (χ3n) is 4.60. The largest absolute Gasteiger partial charge is 0.396 e. The molecule has 0 aliphatic carbocycles. The van der Waals surface area contributed by atoms with Crippen molar-refractivity contribution in [1.82, 2.24) is 15.0 Å². The average Bonchev–Trinajstić information content (AvgIpc) is 3.03. The van der Waals surface area contributed by atoms with Crippen LogP contribution in [0.15, 0.2) is 28.8 Å². The molecular formula is C18H24FN3O2. The van der Waals surface area contributed by atoms with Gasteiger partial charge in [-0.2, -0.15) is 4.98 Å². The zero-order valence-corrected chi connectivity index (χ0v) is 13.8. The van der Waals surface area contributed by atoms with Crippen molar-refractivity contribution in [2.75, 3.05) is 13.2 Å². The van der Waals surface area contributed by atoms with Gasteiger partial charge >= 0.3 is 0 Å². The van der Waals surface area contributed by atoms with Gasteiger partial charge in [-0.3, -0.25) is 4.90 Å². The molecule has 1 aliphatic rings. The van der Waals surface area contributed by atoms with E-state index in [0.29, 0.717) is 36.3 Å². The van der Waals surface area contributed by atoms with Gasteiger partial charge in [0.05, 0.1) is 6.54 Å². The summed E-state index contributed by atoms with van der Waals surface area (Å²) in [6.45, 7) is 1.87. The van der Waals surface area contributed by atoms with Crippen molar-refractivity contribution in [3.05, 3.63) is 47.4 Å². The van der Waals surface area contributed by atoms with E-state index in [4.69, 9.17) is 9.63 Å². The van der Waals surface area contributed by atoms with E-state index in [1.807, 2.05) is 0 Å². The van der Waals surface area contributed by atoms with Crippen LogP contribution in [0, 0.1) is 5.82 Å². The van der Waals surface area contributed by atoms with Gasteiger partial charge in [-0.25, -0.2) is 4.39 Å². The van der Waals surface area contributed by atoms with Crippen LogP contribution in [-0.4, -0.2) is 39.3 Å². The third kappa shape index (κ3) is 4.39. The molecule has 0 unspecified atom stereocenters. The van der Waals surface area contributed by atoms with Crippen LogP contribution in [0.3, 0.4) is 0 Å². The highest BCUT2D eigenvalue weighted by atomic mass is 19.1. The molecule has 0 radical (unpaired) electrons. The average molecular weight is 333 g/mol. The molecule has 1 N–H and O–H groups in total. The van der Waals surface area contributed by atoms with Crippen molar-refractivity contribution in [2.24, 2.45) is 0 Å². The summed E-state index contributed by atoms with van der Waals surface area (Å²) in [4.78, 5) is 6.78. The van der Waals surface area contributed by atoms with E-state index in [-0.39, 0.29) is 12.4 Å². The Kier molecular flexibility index (Phi) is 5.93. The van der Waals surface area contributed by atoms with Crippen LogP contribution in [0.1, 0.15) is 49.4 Å². The number of likely N-dealkylation sites (tertiary alicyclic amines) is 1. The maximum Gasteiger partial charge on any atom is 0.240 e. The van der Waals surface area contributed by atoms with Crippen LogP contribution in [0.25, 0.3) is 0 Å². The number of hydrogen-bond donors (Lipinski definition) is 1. The Morgan fingerprint density at radius 2 is 2.17 bits per heavy atom. The summed E-state index contributed by atoms with van der Waals surface area (Å²) in [5.74, 6) is 0.847. The minimum absolute atomic E-state index is 0.234. The zero-order chi connectivity index (χ0) is 16.8. The molecule has 130 valence electrons. The van der Waals surface area contributed by atoms with Gasteiger partial charge in [0.2, 0.25) is 5.89 Å².